The maximum atomic E-state index is 13.1. The zero-order valence-electron chi connectivity index (χ0n) is 9.77. The first kappa shape index (κ1) is 11.8. The Labute approximate surface area is 105 Å². The van der Waals surface area contributed by atoms with Gasteiger partial charge in [-0.25, -0.2) is 4.98 Å². The molecule has 0 atom stereocenters. The lowest BCUT2D eigenvalue weighted by molar-refractivity contribution is -0.136. The maximum Gasteiger partial charge on any atom is 0.417 e. The van der Waals surface area contributed by atoms with Gasteiger partial charge in [0.1, 0.15) is 5.69 Å². The molecule has 0 fully saturated rings. The van der Waals surface area contributed by atoms with Crippen LogP contribution in [0.2, 0.25) is 0 Å². The molecule has 0 radical (unpaired) electrons. The van der Waals surface area contributed by atoms with E-state index in [1.165, 1.54) is 10.9 Å². The van der Waals surface area contributed by atoms with Crippen LogP contribution in [0.4, 0.5) is 13.2 Å². The molecule has 19 heavy (non-hydrogen) atoms. The molecular formula is C12H8F3N3O. The van der Waals surface area contributed by atoms with Crippen LogP contribution < -0.4 is 0 Å². The Hall–Kier alpha value is -2.31. The Bertz CT molecular complexity index is 729. The van der Waals surface area contributed by atoms with Gasteiger partial charge in [0.15, 0.2) is 11.4 Å². The fourth-order valence-corrected chi connectivity index (χ4v) is 1.90. The van der Waals surface area contributed by atoms with E-state index in [1.54, 1.807) is 19.2 Å². The van der Waals surface area contributed by atoms with E-state index in [2.05, 4.69) is 10.1 Å². The van der Waals surface area contributed by atoms with Gasteiger partial charge in [0.2, 0.25) is 0 Å². The van der Waals surface area contributed by atoms with E-state index in [0.717, 1.165) is 12.3 Å². The fourth-order valence-electron chi connectivity index (χ4n) is 1.90. The van der Waals surface area contributed by atoms with Crippen molar-refractivity contribution in [3.05, 3.63) is 36.2 Å². The summed E-state index contributed by atoms with van der Waals surface area (Å²) in [5, 5.41) is 3.79. The molecule has 0 aromatic carbocycles. The van der Waals surface area contributed by atoms with Gasteiger partial charge < -0.3 is 4.42 Å². The lowest BCUT2D eigenvalue weighted by atomic mass is 10.1. The number of pyridine rings is 1. The normalized spacial score (nSPS) is 12.2. The van der Waals surface area contributed by atoms with Crippen LogP contribution in [0.25, 0.3) is 22.5 Å². The third-order valence-electron chi connectivity index (χ3n) is 2.78. The summed E-state index contributed by atoms with van der Waals surface area (Å²) in [6, 6.07) is 4.13. The van der Waals surface area contributed by atoms with Crippen LogP contribution in [0.3, 0.4) is 0 Å². The Morgan fingerprint density at radius 3 is 2.74 bits per heavy atom. The van der Waals surface area contributed by atoms with E-state index in [4.69, 9.17) is 4.42 Å². The third-order valence-corrected chi connectivity index (χ3v) is 2.78. The summed E-state index contributed by atoms with van der Waals surface area (Å²) in [5.74, 6) is 0.286. The largest absolute Gasteiger partial charge is 0.463 e. The van der Waals surface area contributed by atoms with Crippen molar-refractivity contribution in [1.29, 1.82) is 0 Å². The molecular weight excluding hydrogens is 259 g/mol. The Kier molecular flexibility index (Phi) is 2.38. The van der Waals surface area contributed by atoms with Gasteiger partial charge in [-0.3, -0.25) is 4.68 Å². The van der Waals surface area contributed by atoms with E-state index in [-0.39, 0.29) is 22.5 Å². The summed E-state index contributed by atoms with van der Waals surface area (Å²) in [6.07, 6.45) is -1.92. The van der Waals surface area contributed by atoms with Gasteiger partial charge in [-0.2, -0.15) is 18.3 Å². The minimum atomic E-state index is -4.47. The van der Waals surface area contributed by atoms with Crippen LogP contribution in [0.1, 0.15) is 5.56 Å². The van der Waals surface area contributed by atoms with Gasteiger partial charge in [-0.05, 0) is 18.2 Å². The van der Waals surface area contributed by atoms with Crippen LogP contribution in [0.15, 0.2) is 35.1 Å². The first-order valence-electron chi connectivity index (χ1n) is 5.40. The average molecular weight is 267 g/mol. The van der Waals surface area contributed by atoms with Gasteiger partial charge in [0.25, 0.3) is 0 Å². The molecule has 0 bridgehead atoms. The monoisotopic (exact) mass is 267 g/mol. The first-order chi connectivity index (χ1) is 8.97. The van der Waals surface area contributed by atoms with Gasteiger partial charge >= 0.3 is 6.18 Å². The van der Waals surface area contributed by atoms with Crippen molar-refractivity contribution in [2.45, 2.75) is 6.18 Å². The van der Waals surface area contributed by atoms with Crippen molar-refractivity contribution in [2.75, 3.05) is 0 Å². The van der Waals surface area contributed by atoms with Crippen LogP contribution in [0, 0.1) is 0 Å². The number of aryl methyl sites for hydroxylation is 1. The molecule has 0 unspecified atom stereocenters. The summed E-state index contributed by atoms with van der Waals surface area (Å²) in [7, 11) is 1.54. The highest BCUT2D eigenvalue weighted by Crippen LogP contribution is 2.36. The van der Waals surface area contributed by atoms with E-state index in [9.17, 15) is 13.2 Å². The number of nitrogens with zero attached hydrogens (tertiary/aromatic N) is 3. The van der Waals surface area contributed by atoms with Crippen LogP contribution in [-0.2, 0) is 13.2 Å². The van der Waals surface area contributed by atoms with Gasteiger partial charge in [0, 0.05) is 7.05 Å². The lowest BCUT2D eigenvalue weighted by Crippen LogP contribution is -2.07. The number of aromatic nitrogens is 3. The van der Waals surface area contributed by atoms with Crippen molar-refractivity contribution in [3.63, 3.8) is 0 Å². The lowest BCUT2D eigenvalue weighted by Gasteiger charge is -2.09. The zero-order valence-corrected chi connectivity index (χ0v) is 9.77. The quantitative estimate of drug-likeness (QED) is 0.679. The van der Waals surface area contributed by atoms with Gasteiger partial charge in [-0.1, -0.05) is 0 Å². The Balaban J connectivity index is 2.35. The number of rotatable bonds is 1. The standard InChI is InChI=1S/C12H8F3N3O/c1-18-11-7(6-16-18)8(12(13,14)15)5-9(17-11)10-3-2-4-19-10/h2-6H,1H3. The number of hydrogen-bond donors (Lipinski definition) is 0. The van der Waals surface area contributed by atoms with E-state index in [1.807, 2.05) is 0 Å². The predicted octanol–water partition coefficient (Wildman–Crippen LogP) is 3.25. The molecule has 0 aliphatic rings. The predicted molar refractivity (Wildman–Crippen MR) is 61.2 cm³/mol. The topological polar surface area (TPSA) is 43.9 Å². The summed E-state index contributed by atoms with van der Waals surface area (Å²) < 4.78 is 45.6. The minimum Gasteiger partial charge on any atom is -0.463 e. The molecule has 3 aromatic rings. The van der Waals surface area contributed by atoms with Gasteiger partial charge in [0.05, 0.1) is 23.4 Å². The highest BCUT2D eigenvalue weighted by Gasteiger charge is 2.34. The molecule has 3 rings (SSSR count). The highest BCUT2D eigenvalue weighted by atomic mass is 19.4. The Morgan fingerprint density at radius 2 is 2.11 bits per heavy atom. The molecule has 0 aliphatic carbocycles. The fraction of sp³-hybridized carbons (Fsp3) is 0.167. The van der Waals surface area contributed by atoms with E-state index in [0.29, 0.717) is 0 Å². The number of hydrogen-bond acceptors (Lipinski definition) is 3. The molecule has 0 saturated heterocycles. The second-order valence-corrected chi connectivity index (χ2v) is 4.04. The van der Waals surface area contributed by atoms with Crippen molar-refractivity contribution in [2.24, 2.45) is 7.05 Å². The van der Waals surface area contributed by atoms with Crippen LogP contribution >= 0.6 is 0 Å². The minimum absolute atomic E-state index is 0.0229. The molecule has 0 aliphatic heterocycles. The molecule has 0 amide bonds. The van der Waals surface area contributed by atoms with Crippen molar-refractivity contribution in [1.82, 2.24) is 14.8 Å². The molecule has 3 heterocycles. The van der Waals surface area contributed by atoms with Crippen molar-refractivity contribution < 1.29 is 17.6 Å². The summed E-state index contributed by atoms with van der Waals surface area (Å²) in [6.45, 7) is 0. The van der Waals surface area contributed by atoms with E-state index < -0.39 is 11.7 Å². The summed E-state index contributed by atoms with van der Waals surface area (Å²) in [5.41, 5.74) is -0.466. The van der Waals surface area contributed by atoms with Gasteiger partial charge in [-0.15, -0.1) is 0 Å². The average Bonchev–Trinajstić information content (AvgIpc) is 2.97. The number of halogens is 3. The number of fused-ring (bicyclic) bond motifs is 1. The zero-order chi connectivity index (χ0) is 13.6. The maximum absolute atomic E-state index is 13.1. The van der Waals surface area contributed by atoms with E-state index >= 15 is 0 Å². The number of furan rings is 1. The smallest absolute Gasteiger partial charge is 0.417 e. The van der Waals surface area contributed by atoms with Crippen molar-refractivity contribution in [3.8, 4) is 11.5 Å². The van der Waals surface area contributed by atoms with Crippen LogP contribution in [0.5, 0.6) is 0 Å². The molecule has 98 valence electrons. The van der Waals surface area contributed by atoms with Crippen LogP contribution in [-0.4, -0.2) is 14.8 Å². The highest BCUT2D eigenvalue weighted by molar-refractivity contribution is 5.82. The van der Waals surface area contributed by atoms with Crippen molar-refractivity contribution >= 4 is 11.0 Å². The Morgan fingerprint density at radius 1 is 1.32 bits per heavy atom. The molecule has 0 N–H and O–H groups in total. The summed E-state index contributed by atoms with van der Waals surface area (Å²) >= 11 is 0. The third kappa shape index (κ3) is 1.87. The molecule has 0 saturated carbocycles. The SMILES string of the molecule is Cn1ncc2c(C(F)(F)F)cc(-c3ccco3)nc21. The number of alkyl halides is 3. The molecule has 3 aromatic heterocycles. The molecule has 7 heteroatoms. The molecule has 0 spiro atoms. The second kappa shape index (κ2) is 3.84. The second-order valence-electron chi connectivity index (χ2n) is 4.04. The summed E-state index contributed by atoms with van der Waals surface area (Å²) in [4.78, 5) is 4.16. The first-order valence-corrected chi connectivity index (χ1v) is 5.40. The molecule has 4 nitrogen and oxygen atoms in total.